The van der Waals surface area contributed by atoms with Crippen LogP contribution in [0.1, 0.15) is 41.5 Å². The molecule has 0 aromatic carbocycles. The van der Waals surface area contributed by atoms with E-state index in [4.69, 9.17) is 20.6 Å². The zero-order valence-corrected chi connectivity index (χ0v) is 14.9. The van der Waals surface area contributed by atoms with Gasteiger partial charge in [-0.2, -0.15) is 0 Å². The Morgan fingerprint density at radius 1 is 0.958 bits per heavy atom. The maximum Gasteiger partial charge on any atom is 0.313 e. The van der Waals surface area contributed by atoms with Gasteiger partial charge in [0.15, 0.2) is 18.3 Å². The van der Waals surface area contributed by atoms with Gasteiger partial charge >= 0.3 is 11.9 Å². The van der Waals surface area contributed by atoms with Crippen LogP contribution in [-0.4, -0.2) is 52.9 Å². The maximum absolute atomic E-state index is 12.1. The molecule has 1 fully saturated rings. The van der Waals surface area contributed by atoms with Gasteiger partial charge in [0.2, 0.25) is 6.29 Å². The molecule has 1 unspecified atom stereocenters. The second-order valence-electron chi connectivity index (χ2n) is 7.85. The third-order valence-corrected chi connectivity index (χ3v) is 3.40. The molecule has 1 saturated heterocycles. The topological polar surface area (TPSA) is 102 Å². The lowest BCUT2D eigenvalue weighted by Gasteiger charge is -2.41. The Morgan fingerprint density at radius 3 is 1.83 bits per heavy atom. The highest BCUT2D eigenvalue weighted by atomic mass is 16.7. The van der Waals surface area contributed by atoms with Gasteiger partial charge in [-0.15, -0.1) is 6.42 Å². The van der Waals surface area contributed by atoms with Gasteiger partial charge in [-0.25, -0.2) is 0 Å². The van der Waals surface area contributed by atoms with E-state index in [0.29, 0.717) is 0 Å². The molecule has 2 N–H and O–H groups in total. The number of aliphatic hydroxyl groups excluding tert-OH is 2. The molecule has 7 nitrogen and oxygen atoms in total. The van der Waals surface area contributed by atoms with Crippen molar-refractivity contribution in [3.05, 3.63) is 0 Å². The molecule has 0 spiro atoms. The lowest BCUT2D eigenvalue weighted by atomic mass is 9.95. The molecule has 1 aliphatic heterocycles. The minimum Gasteiger partial charge on any atom is -0.456 e. The van der Waals surface area contributed by atoms with Crippen molar-refractivity contribution < 1.29 is 34.0 Å². The number of hydrogen-bond donors (Lipinski definition) is 2. The SMILES string of the molecule is C#C[C@@H]1OC(OC(=O)C(C)(C)C)[C@@H](O)[C@H](OC(=O)C(C)(C)C)[C@@H]1O. The Balaban J connectivity index is 2.99. The van der Waals surface area contributed by atoms with Crippen LogP contribution in [0.5, 0.6) is 0 Å². The van der Waals surface area contributed by atoms with E-state index in [-0.39, 0.29) is 0 Å². The Bertz CT molecular complexity index is 521. The van der Waals surface area contributed by atoms with Crippen LogP contribution in [-0.2, 0) is 23.8 Å². The Labute approximate surface area is 142 Å². The molecule has 7 heteroatoms. The van der Waals surface area contributed by atoms with Gasteiger partial charge < -0.3 is 24.4 Å². The van der Waals surface area contributed by atoms with Crippen LogP contribution in [0.4, 0.5) is 0 Å². The van der Waals surface area contributed by atoms with E-state index in [1.165, 1.54) is 0 Å². The van der Waals surface area contributed by atoms with Crippen LogP contribution in [0.2, 0.25) is 0 Å². The van der Waals surface area contributed by atoms with Crippen LogP contribution >= 0.6 is 0 Å². The average molecular weight is 342 g/mol. The summed E-state index contributed by atoms with van der Waals surface area (Å²) in [7, 11) is 0. The Morgan fingerprint density at radius 2 is 1.42 bits per heavy atom. The van der Waals surface area contributed by atoms with E-state index in [9.17, 15) is 19.8 Å². The quantitative estimate of drug-likeness (QED) is 0.560. The van der Waals surface area contributed by atoms with E-state index in [1.807, 2.05) is 0 Å². The molecule has 0 radical (unpaired) electrons. The monoisotopic (exact) mass is 342 g/mol. The second kappa shape index (κ2) is 7.09. The zero-order chi connectivity index (χ0) is 18.9. The largest absolute Gasteiger partial charge is 0.456 e. The number of hydrogen-bond acceptors (Lipinski definition) is 7. The predicted molar refractivity (Wildman–Crippen MR) is 84.4 cm³/mol. The molecule has 1 rings (SSSR count). The third kappa shape index (κ3) is 4.69. The molecule has 0 aromatic rings. The molecule has 1 aliphatic rings. The number of aliphatic hydroxyl groups is 2. The molecule has 0 aromatic heterocycles. The van der Waals surface area contributed by atoms with E-state index in [1.54, 1.807) is 41.5 Å². The summed E-state index contributed by atoms with van der Waals surface area (Å²) >= 11 is 0. The summed E-state index contributed by atoms with van der Waals surface area (Å²) in [6.07, 6.45) is -1.72. The van der Waals surface area contributed by atoms with Gasteiger partial charge in [0.05, 0.1) is 10.8 Å². The van der Waals surface area contributed by atoms with Crippen LogP contribution < -0.4 is 0 Å². The van der Waals surface area contributed by atoms with Gasteiger partial charge in [0.1, 0.15) is 6.10 Å². The maximum atomic E-state index is 12.1. The number of esters is 2. The summed E-state index contributed by atoms with van der Waals surface area (Å²) < 4.78 is 15.6. The highest BCUT2D eigenvalue weighted by Gasteiger charge is 2.49. The molecule has 0 bridgehead atoms. The zero-order valence-electron chi connectivity index (χ0n) is 14.9. The standard InChI is InChI=1S/C17H26O7/c1-8-9-10(18)12(23-14(20)16(2,3)4)11(19)13(22-9)24-15(21)17(5,6)7/h1,9-13,18-19H,2-7H3/t9-,10+,11-,12+,13?/m0/s1. The minimum absolute atomic E-state index is 0.625. The summed E-state index contributed by atoms with van der Waals surface area (Å²) in [4.78, 5) is 24.1. The molecule has 0 aliphatic carbocycles. The first-order valence-corrected chi connectivity index (χ1v) is 7.69. The Hall–Kier alpha value is -1.62. The minimum atomic E-state index is -1.57. The number of rotatable bonds is 2. The van der Waals surface area contributed by atoms with Crippen molar-refractivity contribution in [3.8, 4) is 12.3 Å². The fraction of sp³-hybridized carbons (Fsp3) is 0.765. The highest BCUT2D eigenvalue weighted by Crippen LogP contribution is 2.28. The van der Waals surface area contributed by atoms with Crippen molar-refractivity contribution in [1.29, 1.82) is 0 Å². The molecule has 1 heterocycles. The average Bonchev–Trinajstić information content (AvgIpc) is 2.43. The molecule has 5 atom stereocenters. The van der Waals surface area contributed by atoms with Gasteiger partial charge in [-0.3, -0.25) is 9.59 Å². The van der Waals surface area contributed by atoms with Crippen molar-refractivity contribution in [1.82, 2.24) is 0 Å². The first-order valence-electron chi connectivity index (χ1n) is 7.69. The lowest BCUT2D eigenvalue weighted by Crippen LogP contribution is -2.60. The third-order valence-electron chi connectivity index (χ3n) is 3.40. The van der Waals surface area contributed by atoms with Crippen molar-refractivity contribution in [2.45, 2.75) is 72.2 Å². The number of carbonyl (C=O) groups excluding carboxylic acids is 2. The highest BCUT2D eigenvalue weighted by molar-refractivity contribution is 5.76. The van der Waals surface area contributed by atoms with E-state index >= 15 is 0 Å². The first kappa shape index (κ1) is 20.4. The van der Waals surface area contributed by atoms with E-state index < -0.39 is 53.5 Å². The van der Waals surface area contributed by atoms with Crippen molar-refractivity contribution in [3.63, 3.8) is 0 Å². The van der Waals surface area contributed by atoms with Crippen LogP contribution in [0.25, 0.3) is 0 Å². The predicted octanol–water partition coefficient (Wildman–Crippen LogP) is 0.613. The number of ether oxygens (including phenoxy) is 3. The fourth-order valence-corrected chi connectivity index (χ4v) is 1.79. The van der Waals surface area contributed by atoms with Gasteiger partial charge in [0, 0.05) is 0 Å². The van der Waals surface area contributed by atoms with E-state index in [2.05, 4.69) is 5.92 Å². The van der Waals surface area contributed by atoms with E-state index in [0.717, 1.165) is 0 Å². The molecular weight excluding hydrogens is 316 g/mol. The molecule has 0 saturated carbocycles. The summed E-state index contributed by atoms with van der Waals surface area (Å²) in [5.74, 6) is 0.932. The summed E-state index contributed by atoms with van der Waals surface area (Å²) in [6.45, 7) is 9.79. The summed E-state index contributed by atoms with van der Waals surface area (Å²) in [5, 5.41) is 20.5. The first-order chi connectivity index (χ1) is 10.8. The molecule has 24 heavy (non-hydrogen) atoms. The van der Waals surface area contributed by atoms with Crippen molar-refractivity contribution >= 4 is 11.9 Å². The van der Waals surface area contributed by atoms with Crippen LogP contribution in [0.15, 0.2) is 0 Å². The number of carbonyl (C=O) groups is 2. The van der Waals surface area contributed by atoms with Crippen molar-refractivity contribution in [2.75, 3.05) is 0 Å². The van der Waals surface area contributed by atoms with Crippen LogP contribution in [0, 0.1) is 23.2 Å². The summed E-state index contributed by atoms with van der Waals surface area (Å²) in [5.41, 5.74) is -1.68. The van der Waals surface area contributed by atoms with Crippen molar-refractivity contribution in [2.24, 2.45) is 10.8 Å². The number of terminal acetylenes is 1. The second-order valence-corrected chi connectivity index (χ2v) is 7.85. The fourth-order valence-electron chi connectivity index (χ4n) is 1.79. The molecule has 136 valence electrons. The van der Waals surface area contributed by atoms with Gasteiger partial charge in [-0.05, 0) is 41.5 Å². The van der Waals surface area contributed by atoms with Gasteiger partial charge in [0.25, 0.3) is 0 Å². The summed E-state index contributed by atoms with van der Waals surface area (Å²) in [6, 6.07) is 0. The normalized spacial score (nSPS) is 31.0. The Kier molecular flexibility index (Phi) is 6.04. The lowest BCUT2D eigenvalue weighted by molar-refractivity contribution is -0.284. The molecular formula is C17H26O7. The van der Waals surface area contributed by atoms with Gasteiger partial charge in [-0.1, -0.05) is 5.92 Å². The molecule has 0 amide bonds. The van der Waals surface area contributed by atoms with Crippen LogP contribution in [0.3, 0.4) is 0 Å². The smallest absolute Gasteiger partial charge is 0.313 e.